The molecule has 32 heavy (non-hydrogen) atoms. The molecule has 0 N–H and O–H groups in total. The average molecular weight is 449 g/mol. The van der Waals surface area contributed by atoms with Gasteiger partial charge in [0.1, 0.15) is 17.2 Å². The number of thiophene rings is 1. The SMILES string of the molecule is CN(C)CCN(Cc1ccccc1)C(=O)c1cc(-c2cccs2)nn1-c1ccc(F)cc1. The molecule has 2 aromatic heterocycles. The van der Waals surface area contributed by atoms with Gasteiger partial charge in [-0.1, -0.05) is 36.4 Å². The van der Waals surface area contributed by atoms with Crippen LogP contribution in [0.2, 0.25) is 0 Å². The lowest BCUT2D eigenvalue weighted by atomic mass is 10.2. The topological polar surface area (TPSA) is 41.4 Å². The maximum Gasteiger partial charge on any atom is 0.272 e. The van der Waals surface area contributed by atoms with Crippen LogP contribution in [-0.2, 0) is 6.54 Å². The largest absolute Gasteiger partial charge is 0.332 e. The molecule has 0 spiro atoms. The monoisotopic (exact) mass is 448 g/mol. The van der Waals surface area contributed by atoms with E-state index in [-0.39, 0.29) is 11.7 Å². The van der Waals surface area contributed by atoms with E-state index in [9.17, 15) is 9.18 Å². The van der Waals surface area contributed by atoms with Gasteiger partial charge in [0.25, 0.3) is 5.91 Å². The van der Waals surface area contributed by atoms with Crippen molar-refractivity contribution in [3.05, 3.63) is 95.3 Å². The van der Waals surface area contributed by atoms with E-state index in [1.165, 1.54) is 12.1 Å². The predicted molar refractivity (Wildman–Crippen MR) is 127 cm³/mol. The molecule has 2 heterocycles. The van der Waals surface area contributed by atoms with E-state index in [0.717, 1.165) is 22.7 Å². The van der Waals surface area contributed by atoms with Crippen LogP contribution < -0.4 is 0 Å². The summed E-state index contributed by atoms with van der Waals surface area (Å²) in [5, 5.41) is 6.68. The number of hydrogen-bond donors (Lipinski definition) is 0. The molecular formula is C25H25FN4OS. The number of rotatable bonds is 8. The van der Waals surface area contributed by atoms with Crippen molar-refractivity contribution in [2.45, 2.75) is 6.54 Å². The molecule has 0 aliphatic rings. The summed E-state index contributed by atoms with van der Waals surface area (Å²) in [7, 11) is 3.98. The molecule has 0 aliphatic carbocycles. The fraction of sp³-hybridized carbons (Fsp3) is 0.200. The van der Waals surface area contributed by atoms with Gasteiger partial charge in [0.15, 0.2) is 0 Å². The number of carbonyl (C=O) groups excluding carboxylic acids is 1. The molecule has 4 rings (SSSR count). The molecule has 5 nitrogen and oxygen atoms in total. The standard InChI is InChI=1S/C25H25FN4OS/c1-28(2)14-15-29(18-19-7-4-3-5-8-19)25(31)23-17-22(24-9-6-16-32-24)27-30(23)21-12-10-20(26)11-13-21/h3-13,16-17H,14-15,18H2,1-2H3. The number of nitrogens with zero attached hydrogens (tertiary/aromatic N) is 4. The zero-order chi connectivity index (χ0) is 22.5. The third-order valence-corrected chi connectivity index (χ3v) is 5.99. The number of carbonyl (C=O) groups is 1. The summed E-state index contributed by atoms with van der Waals surface area (Å²) in [6.45, 7) is 1.81. The van der Waals surface area contributed by atoms with E-state index in [1.54, 1.807) is 28.2 Å². The van der Waals surface area contributed by atoms with Crippen LogP contribution in [0.25, 0.3) is 16.3 Å². The van der Waals surface area contributed by atoms with E-state index in [2.05, 4.69) is 4.90 Å². The highest BCUT2D eigenvalue weighted by atomic mass is 32.1. The Kier molecular flexibility index (Phi) is 6.78. The van der Waals surface area contributed by atoms with Gasteiger partial charge in [0.2, 0.25) is 0 Å². The van der Waals surface area contributed by atoms with Crippen molar-refractivity contribution in [1.29, 1.82) is 0 Å². The Balaban J connectivity index is 1.73. The van der Waals surface area contributed by atoms with Crippen LogP contribution in [0.15, 0.2) is 78.2 Å². The van der Waals surface area contributed by atoms with Crippen molar-refractivity contribution in [3.63, 3.8) is 0 Å². The summed E-state index contributed by atoms with van der Waals surface area (Å²) >= 11 is 1.57. The van der Waals surface area contributed by atoms with E-state index in [4.69, 9.17) is 5.10 Å². The molecule has 0 aliphatic heterocycles. The molecular weight excluding hydrogens is 423 g/mol. The third-order valence-electron chi connectivity index (χ3n) is 5.09. The molecule has 4 aromatic rings. The van der Waals surface area contributed by atoms with Crippen molar-refractivity contribution in [3.8, 4) is 16.3 Å². The molecule has 2 aromatic carbocycles. The number of amides is 1. The lowest BCUT2D eigenvalue weighted by Gasteiger charge is -2.25. The highest BCUT2D eigenvalue weighted by Crippen LogP contribution is 2.27. The predicted octanol–water partition coefficient (Wildman–Crippen LogP) is 4.94. The molecule has 0 saturated heterocycles. The molecule has 0 atom stereocenters. The summed E-state index contributed by atoms with van der Waals surface area (Å²) in [5.41, 5.74) is 2.88. The molecule has 1 amide bonds. The van der Waals surface area contributed by atoms with E-state index >= 15 is 0 Å². The van der Waals surface area contributed by atoms with E-state index in [1.807, 2.05) is 72.9 Å². The first-order chi connectivity index (χ1) is 15.5. The number of aromatic nitrogens is 2. The maximum atomic E-state index is 13.8. The zero-order valence-corrected chi connectivity index (χ0v) is 18.9. The number of likely N-dealkylation sites (N-methyl/N-ethyl adjacent to an activating group) is 1. The van der Waals surface area contributed by atoms with Gasteiger partial charge in [-0.15, -0.1) is 11.3 Å². The Bertz CT molecular complexity index is 1150. The van der Waals surface area contributed by atoms with Gasteiger partial charge in [-0.2, -0.15) is 5.10 Å². The summed E-state index contributed by atoms with van der Waals surface area (Å²) in [4.78, 5) is 18.6. The summed E-state index contributed by atoms with van der Waals surface area (Å²) in [5.74, 6) is -0.445. The fourth-order valence-corrected chi connectivity index (χ4v) is 4.08. The quantitative estimate of drug-likeness (QED) is 0.383. The van der Waals surface area contributed by atoms with Crippen LogP contribution >= 0.6 is 11.3 Å². The molecule has 0 fully saturated rings. The molecule has 164 valence electrons. The van der Waals surface area contributed by atoms with E-state index < -0.39 is 0 Å². The van der Waals surface area contributed by atoms with Crippen LogP contribution in [-0.4, -0.2) is 52.7 Å². The van der Waals surface area contributed by atoms with Crippen LogP contribution in [0.5, 0.6) is 0 Å². The highest BCUT2D eigenvalue weighted by molar-refractivity contribution is 7.13. The lowest BCUT2D eigenvalue weighted by molar-refractivity contribution is 0.0722. The van der Waals surface area contributed by atoms with E-state index in [0.29, 0.717) is 24.5 Å². The van der Waals surface area contributed by atoms with Gasteiger partial charge in [0.05, 0.1) is 10.6 Å². The minimum Gasteiger partial charge on any atom is -0.332 e. The lowest BCUT2D eigenvalue weighted by Crippen LogP contribution is -2.37. The summed E-state index contributed by atoms with van der Waals surface area (Å²) < 4.78 is 15.1. The number of halogens is 1. The third kappa shape index (κ3) is 5.12. The van der Waals surface area contributed by atoms with Crippen LogP contribution in [0.4, 0.5) is 4.39 Å². The maximum absolute atomic E-state index is 13.8. The van der Waals surface area contributed by atoms with Gasteiger partial charge < -0.3 is 9.80 Å². The van der Waals surface area contributed by atoms with Crippen molar-refractivity contribution in [1.82, 2.24) is 19.6 Å². The number of hydrogen-bond acceptors (Lipinski definition) is 4. The minimum atomic E-state index is -0.330. The average Bonchev–Trinajstić information content (AvgIpc) is 3.47. The Morgan fingerprint density at radius 2 is 1.75 bits per heavy atom. The van der Waals surface area contributed by atoms with Gasteiger partial charge in [0, 0.05) is 19.6 Å². The second-order valence-corrected chi connectivity index (χ2v) is 8.74. The molecule has 0 saturated carbocycles. The molecule has 7 heteroatoms. The van der Waals surface area contributed by atoms with Crippen LogP contribution in [0.1, 0.15) is 16.1 Å². The molecule has 0 unspecified atom stereocenters. The number of benzene rings is 2. The summed E-state index contributed by atoms with van der Waals surface area (Å²) in [6, 6.07) is 21.7. The van der Waals surface area contributed by atoms with Crippen molar-refractivity contribution in [2.75, 3.05) is 27.2 Å². The zero-order valence-electron chi connectivity index (χ0n) is 18.1. The molecule has 0 bridgehead atoms. The van der Waals surface area contributed by atoms with Gasteiger partial charge in [-0.05, 0) is 61.4 Å². The first-order valence-corrected chi connectivity index (χ1v) is 11.3. The Morgan fingerprint density at radius 3 is 2.41 bits per heavy atom. The smallest absolute Gasteiger partial charge is 0.272 e. The second kappa shape index (κ2) is 9.89. The second-order valence-electron chi connectivity index (χ2n) is 7.80. The minimum absolute atomic E-state index is 0.115. The van der Waals surface area contributed by atoms with Crippen molar-refractivity contribution >= 4 is 17.2 Å². The Morgan fingerprint density at radius 1 is 1.00 bits per heavy atom. The Labute approximate surface area is 191 Å². The normalized spacial score (nSPS) is 11.1. The summed E-state index contributed by atoms with van der Waals surface area (Å²) in [6.07, 6.45) is 0. The fourth-order valence-electron chi connectivity index (χ4n) is 3.40. The van der Waals surface area contributed by atoms with Gasteiger partial charge in [-0.25, -0.2) is 9.07 Å². The van der Waals surface area contributed by atoms with Crippen molar-refractivity contribution in [2.24, 2.45) is 0 Å². The van der Waals surface area contributed by atoms with Crippen molar-refractivity contribution < 1.29 is 9.18 Å². The highest BCUT2D eigenvalue weighted by Gasteiger charge is 2.23. The van der Waals surface area contributed by atoms with Gasteiger partial charge >= 0.3 is 0 Å². The van der Waals surface area contributed by atoms with Crippen LogP contribution in [0, 0.1) is 5.82 Å². The molecule has 0 radical (unpaired) electrons. The van der Waals surface area contributed by atoms with Crippen LogP contribution in [0.3, 0.4) is 0 Å². The van der Waals surface area contributed by atoms with Gasteiger partial charge in [-0.3, -0.25) is 4.79 Å². The Hall–Kier alpha value is -3.29. The first-order valence-electron chi connectivity index (χ1n) is 10.4. The first kappa shape index (κ1) is 21.9.